The third-order valence-corrected chi connectivity index (χ3v) is 6.91. The van der Waals surface area contributed by atoms with Crippen LogP contribution in [0.3, 0.4) is 0 Å². The van der Waals surface area contributed by atoms with Gasteiger partial charge in [-0.3, -0.25) is 34.8 Å². The molecule has 2 aromatic rings. The van der Waals surface area contributed by atoms with Crippen LogP contribution in [-0.4, -0.2) is 23.6 Å². The van der Waals surface area contributed by atoms with Crippen molar-refractivity contribution in [1.82, 2.24) is 10.6 Å². The third-order valence-electron chi connectivity index (χ3n) is 6.91. The van der Waals surface area contributed by atoms with Gasteiger partial charge in [-0.15, -0.1) is 0 Å². The molecular formula is C27H31N4O4. The van der Waals surface area contributed by atoms with Gasteiger partial charge in [0.05, 0.1) is 16.9 Å². The topological polar surface area (TPSA) is 122 Å². The average Bonchev–Trinajstić information content (AvgIpc) is 3.44. The Kier molecular flexibility index (Phi) is 7.92. The summed E-state index contributed by atoms with van der Waals surface area (Å²) in [4.78, 5) is 50.5. The number of benzene rings is 2. The molecule has 1 radical (unpaired) electrons. The predicted molar refractivity (Wildman–Crippen MR) is 132 cm³/mol. The van der Waals surface area contributed by atoms with E-state index in [4.69, 9.17) is 5.84 Å². The number of hydrogen-bond acceptors (Lipinski definition) is 6. The molecule has 183 valence electrons. The Morgan fingerprint density at radius 2 is 1.43 bits per heavy atom. The monoisotopic (exact) mass is 475 g/mol. The summed E-state index contributed by atoms with van der Waals surface area (Å²) in [5.41, 5.74) is 1.29. The first kappa shape index (κ1) is 24.6. The molecule has 0 atom stereocenters. The minimum absolute atomic E-state index is 0.119. The number of imide groups is 2. The van der Waals surface area contributed by atoms with E-state index in [9.17, 15) is 19.2 Å². The maximum Gasteiger partial charge on any atom is 0.260 e. The second kappa shape index (κ2) is 11.3. The van der Waals surface area contributed by atoms with Gasteiger partial charge < -0.3 is 0 Å². The summed E-state index contributed by atoms with van der Waals surface area (Å²) in [5.74, 6) is 4.54. The summed E-state index contributed by atoms with van der Waals surface area (Å²) in [7, 11) is 0. The molecule has 8 heteroatoms. The Morgan fingerprint density at radius 3 is 2.09 bits per heavy atom. The van der Waals surface area contributed by atoms with Crippen LogP contribution >= 0.6 is 0 Å². The van der Waals surface area contributed by atoms with Crippen molar-refractivity contribution in [2.24, 2.45) is 17.7 Å². The molecule has 0 aliphatic heterocycles. The zero-order valence-electron chi connectivity index (χ0n) is 19.7. The van der Waals surface area contributed by atoms with E-state index in [1.165, 1.54) is 11.1 Å². The summed E-state index contributed by atoms with van der Waals surface area (Å²) in [6.45, 7) is 0. The van der Waals surface area contributed by atoms with Gasteiger partial charge in [-0.05, 0) is 62.1 Å². The summed E-state index contributed by atoms with van der Waals surface area (Å²) in [5, 5.41) is 6.27. The van der Waals surface area contributed by atoms with Gasteiger partial charge in [0.1, 0.15) is 0 Å². The lowest BCUT2D eigenvalue weighted by atomic mass is 9.88. The van der Waals surface area contributed by atoms with Gasteiger partial charge in [0.2, 0.25) is 11.8 Å². The van der Waals surface area contributed by atoms with Crippen LogP contribution < -0.4 is 21.5 Å². The van der Waals surface area contributed by atoms with Crippen molar-refractivity contribution >= 4 is 35.0 Å². The number of hydrogen-bond donors (Lipinski definition) is 3. The number of carbonyl (C=O) groups excluding carboxylic acids is 4. The average molecular weight is 476 g/mol. The van der Waals surface area contributed by atoms with Gasteiger partial charge in [0.25, 0.3) is 11.8 Å². The van der Waals surface area contributed by atoms with Crippen molar-refractivity contribution < 1.29 is 19.2 Å². The van der Waals surface area contributed by atoms with Crippen LogP contribution in [0.5, 0.6) is 0 Å². The highest BCUT2D eigenvalue weighted by atomic mass is 16.2. The van der Waals surface area contributed by atoms with Crippen LogP contribution in [0.25, 0.3) is 0 Å². The highest BCUT2D eigenvalue weighted by molar-refractivity contribution is 6.09. The van der Waals surface area contributed by atoms with Gasteiger partial charge in [-0.25, -0.2) is 5.84 Å². The molecule has 0 unspecified atom stereocenters. The van der Waals surface area contributed by atoms with Gasteiger partial charge >= 0.3 is 0 Å². The Labute approximate surface area is 205 Å². The van der Waals surface area contributed by atoms with E-state index in [1.54, 1.807) is 36.4 Å². The van der Waals surface area contributed by atoms with Gasteiger partial charge in [-0.2, -0.15) is 0 Å². The zero-order valence-corrected chi connectivity index (χ0v) is 19.7. The van der Waals surface area contributed by atoms with Crippen molar-refractivity contribution in [3.63, 3.8) is 0 Å². The highest BCUT2D eigenvalue weighted by Crippen LogP contribution is 2.28. The Morgan fingerprint density at radius 1 is 0.829 bits per heavy atom. The fourth-order valence-electron chi connectivity index (χ4n) is 4.87. The molecule has 35 heavy (non-hydrogen) atoms. The number of nitrogens with one attached hydrogen (secondary N) is 2. The molecule has 0 heterocycles. The number of amides is 4. The standard InChI is InChI=1S/C27H31N4O4/c28-31(21-14-8-13-20(17-21)26(34)29-24(32)19-11-4-5-12-19)23-16-7-6-15-22(23)27(35)30-25(33)18-9-2-1-3-10-18/h7-8,13-19H,1-5,9-12,28H2,(H,29,32,34)(H,30,33,35). The first-order valence-corrected chi connectivity index (χ1v) is 12.3. The first-order valence-electron chi connectivity index (χ1n) is 12.3. The molecule has 0 aromatic heterocycles. The van der Waals surface area contributed by atoms with Crippen LogP contribution in [0.4, 0.5) is 11.4 Å². The minimum Gasteiger partial charge on any atom is -0.292 e. The molecule has 8 nitrogen and oxygen atoms in total. The SMILES string of the molecule is NN(c1cccc(C(=O)NC(=O)C2CCCC2)c1)c1cc[c]cc1C(=O)NC(=O)C1CCCCC1. The van der Waals surface area contributed by atoms with Crippen molar-refractivity contribution in [2.45, 2.75) is 57.8 Å². The lowest BCUT2D eigenvalue weighted by Gasteiger charge is -2.23. The number of rotatable bonds is 6. The molecule has 0 spiro atoms. The number of nitrogens with two attached hydrogens (primary N) is 1. The van der Waals surface area contributed by atoms with Crippen LogP contribution in [0.2, 0.25) is 0 Å². The van der Waals surface area contributed by atoms with Crippen molar-refractivity contribution in [3.05, 3.63) is 59.7 Å². The maximum atomic E-state index is 12.9. The molecule has 4 N–H and O–H groups in total. The second-order valence-corrected chi connectivity index (χ2v) is 9.32. The van der Waals surface area contributed by atoms with E-state index in [2.05, 4.69) is 16.7 Å². The molecular weight excluding hydrogens is 444 g/mol. The third kappa shape index (κ3) is 5.95. The predicted octanol–water partition coefficient (Wildman–Crippen LogP) is 3.78. The van der Waals surface area contributed by atoms with Gasteiger partial charge in [0.15, 0.2) is 0 Å². The van der Waals surface area contributed by atoms with E-state index >= 15 is 0 Å². The fourth-order valence-corrected chi connectivity index (χ4v) is 4.87. The van der Waals surface area contributed by atoms with Crippen LogP contribution in [0, 0.1) is 17.9 Å². The summed E-state index contributed by atoms with van der Waals surface area (Å²) in [6.07, 6.45) is 8.27. The smallest absolute Gasteiger partial charge is 0.260 e. The van der Waals surface area contributed by atoms with Crippen molar-refractivity contribution in [2.75, 3.05) is 5.01 Å². The second-order valence-electron chi connectivity index (χ2n) is 9.32. The number of hydrazine groups is 1. The van der Waals surface area contributed by atoms with Gasteiger partial charge in [0, 0.05) is 17.4 Å². The number of nitrogens with zero attached hydrogens (tertiary/aromatic N) is 1. The Hall–Kier alpha value is -3.52. The van der Waals surface area contributed by atoms with E-state index < -0.39 is 11.8 Å². The Bertz CT molecular complexity index is 1100. The van der Waals surface area contributed by atoms with Crippen LogP contribution in [0.1, 0.15) is 78.5 Å². The molecule has 2 aliphatic carbocycles. The van der Waals surface area contributed by atoms with Crippen LogP contribution in [0.15, 0.2) is 42.5 Å². The quantitative estimate of drug-likeness (QED) is 0.332. The fraction of sp³-hybridized carbons (Fsp3) is 0.407. The van der Waals surface area contributed by atoms with E-state index in [-0.39, 0.29) is 34.8 Å². The zero-order chi connectivity index (χ0) is 24.8. The first-order chi connectivity index (χ1) is 16.9. The highest BCUT2D eigenvalue weighted by Gasteiger charge is 2.26. The molecule has 0 saturated heterocycles. The van der Waals surface area contributed by atoms with E-state index in [0.717, 1.165) is 57.8 Å². The molecule has 2 aromatic carbocycles. The number of anilines is 2. The molecule has 0 bridgehead atoms. The molecule has 2 aliphatic rings. The summed E-state index contributed by atoms with van der Waals surface area (Å²) in [6, 6.07) is 14.1. The lowest BCUT2D eigenvalue weighted by molar-refractivity contribution is -0.125. The largest absolute Gasteiger partial charge is 0.292 e. The molecule has 4 amide bonds. The summed E-state index contributed by atoms with van der Waals surface area (Å²) < 4.78 is 0. The number of carbonyl (C=O) groups is 4. The van der Waals surface area contributed by atoms with Crippen molar-refractivity contribution in [1.29, 1.82) is 0 Å². The Balaban J connectivity index is 1.48. The minimum atomic E-state index is -0.543. The maximum absolute atomic E-state index is 12.9. The van der Waals surface area contributed by atoms with Crippen LogP contribution in [-0.2, 0) is 9.59 Å². The molecule has 2 fully saturated rings. The van der Waals surface area contributed by atoms with E-state index in [1.807, 2.05) is 0 Å². The normalized spacial score (nSPS) is 16.5. The lowest BCUT2D eigenvalue weighted by Crippen LogP contribution is -2.38. The van der Waals surface area contributed by atoms with Gasteiger partial charge in [-0.1, -0.05) is 44.2 Å². The van der Waals surface area contributed by atoms with E-state index in [0.29, 0.717) is 11.4 Å². The summed E-state index contributed by atoms with van der Waals surface area (Å²) >= 11 is 0. The molecule has 4 rings (SSSR count). The van der Waals surface area contributed by atoms with Crippen molar-refractivity contribution in [3.8, 4) is 0 Å². The molecule has 2 saturated carbocycles.